The van der Waals surface area contributed by atoms with Gasteiger partial charge in [0.2, 0.25) is 0 Å². The van der Waals surface area contributed by atoms with Gasteiger partial charge in [-0.3, -0.25) is 9.88 Å². The van der Waals surface area contributed by atoms with Crippen LogP contribution in [-0.4, -0.2) is 29.5 Å². The highest BCUT2D eigenvalue weighted by Gasteiger charge is 2.32. The van der Waals surface area contributed by atoms with Gasteiger partial charge in [-0.25, -0.2) is 4.39 Å². The second-order valence-electron chi connectivity index (χ2n) is 5.74. The van der Waals surface area contributed by atoms with Crippen molar-refractivity contribution in [2.24, 2.45) is 0 Å². The van der Waals surface area contributed by atoms with Crippen molar-refractivity contribution in [3.63, 3.8) is 0 Å². The zero-order chi connectivity index (χ0) is 15.5. The van der Waals surface area contributed by atoms with Crippen LogP contribution in [0, 0.1) is 5.82 Å². The van der Waals surface area contributed by atoms with Crippen molar-refractivity contribution < 1.29 is 4.39 Å². The smallest absolute Gasteiger partial charge is 0.142 e. The quantitative estimate of drug-likeness (QED) is 0.936. The fourth-order valence-corrected chi connectivity index (χ4v) is 3.21. The molecular weight excluding hydrogens is 301 g/mol. The summed E-state index contributed by atoms with van der Waals surface area (Å²) in [7, 11) is 2.07. The van der Waals surface area contributed by atoms with Crippen molar-refractivity contribution >= 4 is 11.6 Å². The fourth-order valence-electron chi connectivity index (χ4n) is 3.10. The van der Waals surface area contributed by atoms with E-state index >= 15 is 0 Å². The standard InChI is InChI=1S/C17H19ClFN3/c1-22-8-6-16(21-11-12-3-2-7-20-10-12)17(22)13-4-5-14(18)15(19)9-13/h2-5,7,9-10,16-17,21H,6,8,11H2,1H3/t16-,17+/m1/s1. The molecule has 1 N–H and O–H groups in total. The maximum Gasteiger partial charge on any atom is 0.142 e. The Balaban J connectivity index is 1.74. The molecule has 1 aliphatic rings. The summed E-state index contributed by atoms with van der Waals surface area (Å²) in [6.45, 7) is 1.75. The zero-order valence-electron chi connectivity index (χ0n) is 12.5. The van der Waals surface area contributed by atoms with E-state index in [4.69, 9.17) is 11.6 Å². The Morgan fingerprint density at radius 3 is 3.00 bits per heavy atom. The summed E-state index contributed by atoms with van der Waals surface area (Å²) in [5, 5.41) is 3.74. The van der Waals surface area contributed by atoms with Gasteiger partial charge < -0.3 is 5.32 Å². The number of halogens is 2. The molecule has 1 aromatic heterocycles. The number of nitrogens with zero attached hydrogens (tertiary/aromatic N) is 2. The van der Waals surface area contributed by atoms with Gasteiger partial charge in [0.1, 0.15) is 5.82 Å². The van der Waals surface area contributed by atoms with Crippen LogP contribution in [-0.2, 0) is 6.54 Å². The first-order chi connectivity index (χ1) is 10.6. The van der Waals surface area contributed by atoms with E-state index in [1.54, 1.807) is 18.3 Å². The molecule has 1 fully saturated rings. The normalized spacial score (nSPS) is 22.1. The van der Waals surface area contributed by atoms with Crippen LogP contribution in [0.5, 0.6) is 0 Å². The first-order valence-corrected chi connectivity index (χ1v) is 7.80. The number of benzene rings is 1. The van der Waals surface area contributed by atoms with E-state index in [1.807, 2.05) is 18.3 Å². The lowest BCUT2D eigenvalue weighted by atomic mass is 10.00. The number of hydrogen-bond donors (Lipinski definition) is 1. The van der Waals surface area contributed by atoms with Crippen LogP contribution < -0.4 is 5.32 Å². The number of aromatic nitrogens is 1. The average molecular weight is 320 g/mol. The number of pyridine rings is 1. The van der Waals surface area contributed by atoms with Crippen molar-refractivity contribution in [2.45, 2.75) is 25.0 Å². The second kappa shape index (κ2) is 6.73. The summed E-state index contributed by atoms with van der Waals surface area (Å²) >= 11 is 5.79. The molecule has 0 saturated carbocycles. The molecule has 1 aromatic carbocycles. The molecule has 0 bridgehead atoms. The Morgan fingerprint density at radius 1 is 1.41 bits per heavy atom. The zero-order valence-corrected chi connectivity index (χ0v) is 13.2. The summed E-state index contributed by atoms with van der Waals surface area (Å²) in [6.07, 6.45) is 4.67. The van der Waals surface area contributed by atoms with Gasteiger partial charge in [-0.1, -0.05) is 23.7 Å². The lowest BCUT2D eigenvalue weighted by Crippen LogP contribution is -2.34. The highest BCUT2D eigenvalue weighted by atomic mass is 35.5. The van der Waals surface area contributed by atoms with Crippen LogP contribution in [0.4, 0.5) is 4.39 Å². The molecule has 2 heterocycles. The van der Waals surface area contributed by atoms with E-state index in [9.17, 15) is 4.39 Å². The molecule has 116 valence electrons. The molecule has 0 unspecified atom stereocenters. The molecule has 1 aliphatic heterocycles. The monoisotopic (exact) mass is 319 g/mol. The van der Waals surface area contributed by atoms with E-state index in [2.05, 4.69) is 28.3 Å². The Bertz CT molecular complexity index is 635. The third-order valence-corrected chi connectivity index (χ3v) is 4.53. The summed E-state index contributed by atoms with van der Waals surface area (Å²) in [5.41, 5.74) is 2.11. The molecule has 2 atom stereocenters. The maximum absolute atomic E-state index is 13.8. The minimum absolute atomic E-state index is 0.156. The van der Waals surface area contributed by atoms with Crippen molar-refractivity contribution in [2.75, 3.05) is 13.6 Å². The van der Waals surface area contributed by atoms with Gasteiger partial charge in [-0.15, -0.1) is 0 Å². The lowest BCUT2D eigenvalue weighted by molar-refractivity contribution is 0.285. The molecule has 0 amide bonds. The first-order valence-electron chi connectivity index (χ1n) is 7.42. The Labute approximate surface area is 135 Å². The van der Waals surface area contributed by atoms with Gasteiger partial charge in [0, 0.05) is 37.6 Å². The predicted molar refractivity (Wildman–Crippen MR) is 86.3 cm³/mol. The molecule has 3 nitrogen and oxygen atoms in total. The Kier molecular flexibility index (Phi) is 4.71. The van der Waals surface area contributed by atoms with E-state index in [-0.39, 0.29) is 22.9 Å². The molecule has 1 saturated heterocycles. The number of nitrogens with one attached hydrogen (secondary N) is 1. The molecule has 3 rings (SSSR count). The first kappa shape index (κ1) is 15.4. The highest BCUT2D eigenvalue weighted by Crippen LogP contribution is 2.32. The Hall–Kier alpha value is -1.49. The van der Waals surface area contributed by atoms with Crippen molar-refractivity contribution in [3.05, 3.63) is 64.7 Å². The van der Waals surface area contributed by atoms with Crippen LogP contribution >= 0.6 is 11.6 Å². The summed E-state index contributed by atoms with van der Waals surface area (Å²) in [4.78, 5) is 6.38. The van der Waals surface area contributed by atoms with E-state index < -0.39 is 0 Å². The van der Waals surface area contributed by atoms with Crippen LogP contribution in [0.2, 0.25) is 5.02 Å². The summed E-state index contributed by atoms with van der Waals surface area (Å²) in [5.74, 6) is -0.356. The molecule has 2 aromatic rings. The SMILES string of the molecule is CN1CC[C@@H](NCc2cccnc2)[C@@H]1c1ccc(Cl)c(F)c1. The highest BCUT2D eigenvalue weighted by molar-refractivity contribution is 6.30. The van der Waals surface area contributed by atoms with Gasteiger partial charge in [-0.05, 0) is 42.8 Å². The van der Waals surface area contributed by atoms with Crippen molar-refractivity contribution in [1.82, 2.24) is 15.2 Å². The van der Waals surface area contributed by atoms with E-state index in [1.165, 1.54) is 0 Å². The predicted octanol–water partition coefficient (Wildman–Crippen LogP) is 3.41. The minimum atomic E-state index is -0.356. The van der Waals surface area contributed by atoms with Gasteiger partial charge >= 0.3 is 0 Å². The largest absolute Gasteiger partial charge is 0.308 e. The van der Waals surface area contributed by atoms with Crippen LogP contribution in [0.1, 0.15) is 23.6 Å². The third kappa shape index (κ3) is 3.29. The van der Waals surface area contributed by atoms with E-state index in [0.717, 1.165) is 30.6 Å². The van der Waals surface area contributed by atoms with E-state index in [0.29, 0.717) is 0 Å². The number of likely N-dealkylation sites (tertiary alicyclic amines) is 1. The van der Waals surface area contributed by atoms with Crippen molar-refractivity contribution in [3.8, 4) is 0 Å². The molecule has 0 spiro atoms. The number of rotatable bonds is 4. The summed E-state index contributed by atoms with van der Waals surface area (Å²) < 4.78 is 13.8. The summed E-state index contributed by atoms with van der Waals surface area (Å²) in [6, 6.07) is 9.52. The molecule has 22 heavy (non-hydrogen) atoms. The van der Waals surface area contributed by atoms with Gasteiger partial charge in [0.05, 0.1) is 5.02 Å². The van der Waals surface area contributed by atoms with Crippen LogP contribution in [0.3, 0.4) is 0 Å². The molecule has 0 radical (unpaired) electrons. The van der Waals surface area contributed by atoms with Crippen molar-refractivity contribution in [1.29, 1.82) is 0 Å². The minimum Gasteiger partial charge on any atom is -0.308 e. The molecular formula is C17H19ClFN3. The van der Waals surface area contributed by atoms with Gasteiger partial charge in [0.25, 0.3) is 0 Å². The van der Waals surface area contributed by atoms with Gasteiger partial charge in [-0.2, -0.15) is 0 Å². The lowest BCUT2D eigenvalue weighted by Gasteiger charge is -2.26. The topological polar surface area (TPSA) is 28.2 Å². The average Bonchev–Trinajstić information content (AvgIpc) is 2.90. The fraction of sp³-hybridized carbons (Fsp3) is 0.353. The third-order valence-electron chi connectivity index (χ3n) is 4.23. The van der Waals surface area contributed by atoms with Crippen LogP contribution in [0.15, 0.2) is 42.7 Å². The Morgan fingerprint density at radius 2 is 2.27 bits per heavy atom. The number of hydrogen-bond acceptors (Lipinski definition) is 3. The number of likely N-dealkylation sites (N-methyl/N-ethyl adjacent to an activating group) is 1. The second-order valence-corrected chi connectivity index (χ2v) is 6.14. The molecule has 0 aliphatic carbocycles. The maximum atomic E-state index is 13.8. The molecule has 5 heteroatoms. The van der Waals surface area contributed by atoms with Gasteiger partial charge in [0.15, 0.2) is 0 Å². The van der Waals surface area contributed by atoms with Crippen LogP contribution in [0.25, 0.3) is 0 Å².